The summed E-state index contributed by atoms with van der Waals surface area (Å²) in [5.41, 5.74) is 11.5. The molecule has 1 aliphatic heterocycles. The number of likely N-dealkylation sites (tertiary alicyclic amines) is 1. The van der Waals surface area contributed by atoms with E-state index in [9.17, 15) is 4.79 Å². The molecule has 5 nitrogen and oxygen atoms in total. The molecular formula is C23H26N4O. The molecule has 4 rings (SSSR count). The second-order valence-corrected chi connectivity index (χ2v) is 7.55. The molecule has 0 bridgehead atoms. The average molecular weight is 374 g/mol. The van der Waals surface area contributed by atoms with Crippen LogP contribution in [-0.4, -0.2) is 39.7 Å². The number of hydrogen-bond acceptors (Lipinski definition) is 3. The van der Waals surface area contributed by atoms with Crippen molar-refractivity contribution in [3.05, 3.63) is 83.2 Å². The van der Waals surface area contributed by atoms with Gasteiger partial charge in [0.1, 0.15) is 0 Å². The quantitative estimate of drug-likeness (QED) is 0.764. The van der Waals surface area contributed by atoms with E-state index >= 15 is 0 Å². The Bertz CT molecular complexity index is 965. The van der Waals surface area contributed by atoms with E-state index in [0.29, 0.717) is 19.5 Å². The zero-order chi connectivity index (χ0) is 19.7. The van der Waals surface area contributed by atoms with Crippen molar-refractivity contribution in [2.45, 2.75) is 32.2 Å². The highest BCUT2D eigenvalue weighted by molar-refractivity contribution is 5.80. The molecular weight excluding hydrogens is 348 g/mol. The topological polar surface area (TPSA) is 64.2 Å². The van der Waals surface area contributed by atoms with Gasteiger partial charge in [-0.05, 0) is 31.5 Å². The Labute approximate surface area is 165 Å². The zero-order valence-electron chi connectivity index (χ0n) is 16.4. The minimum Gasteiger partial charge on any atom is -0.340 e. The molecule has 1 amide bonds. The van der Waals surface area contributed by atoms with Crippen LogP contribution in [0.1, 0.15) is 28.4 Å². The third kappa shape index (κ3) is 3.45. The fourth-order valence-electron chi connectivity index (χ4n) is 4.10. The summed E-state index contributed by atoms with van der Waals surface area (Å²) in [7, 11) is 0. The molecule has 2 aromatic carbocycles. The van der Waals surface area contributed by atoms with Crippen LogP contribution in [0, 0.1) is 13.8 Å². The third-order valence-corrected chi connectivity index (χ3v) is 5.72. The Hall–Kier alpha value is -2.92. The van der Waals surface area contributed by atoms with Gasteiger partial charge >= 0.3 is 0 Å². The molecule has 3 aromatic rings. The van der Waals surface area contributed by atoms with E-state index in [1.807, 2.05) is 72.0 Å². The predicted molar refractivity (Wildman–Crippen MR) is 110 cm³/mol. The normalized spacial score (nSPS) is 19.2. The number of hydrogen-bond donors (Lipinski definition) is 1. The molecule has 0 saturated carbocycles. The summed E-state index contributed by atoms with van der Waals surface area (Å²) in [5.74, 6) is 0.312. The summed E-state index contributed by atoms with van der Waals surface area (Å²) < 4.78 is 1.92. The highest BCUT2D eigenvalue weighted by atomic mass is 16.2. The Morgan fingerprint density at radius 3 is 2.36 bits per heavy atom. The largest absolute Gasteiger partial charge is 0.340 e. The third-order valence-electron chi connectivity index (χ3n) is 5.72. The molecule has 1 fully saturated rings. The van der Waals surface area contributed by atoms with Crippen molar-refractivity contribution in [1.82, 2.24) is 14.7 Å². The summed E-state index contributed by atoms with van der Waals surface area (Å²) in [6, 6.07) is 20.2. The van der Waals surface area contributed by atoms with Crippen molar-refractivity contribution in [3.8, 4) is 5.69 Å². The molecule has 0 radical (unpaired) electrons. The molecule has 2 heterocycles. The molecule has 1 aromatic heterocycles. The first kappa shape index (κ1) is 18.4. The van der Waals surface area contributed by atoms with Crippen molar-refractivity contribution >= 4 is 5.91 Å². The minimum atomic E-state index is -0.0272. The van der Waals surface area contributed by atoms with Gasteiger partial charge in [0.2, 0.25) is 5.91 Å². The smallest absolute Gasteiger partial charge is 0.227 e. The second-order valence-electron chi connectivity index (χ2n) is 7.55. The number of amides is 1. The van der Waals surface area contributed by atoms with Crippen LogP contribution >= 0.6 is 0 Å². The van der Waals surface area contributed by atoms with Crippen molar-refractivity contribution in [3.63, 3.8) is 0 Å². The molecule has 2 atom stereocenters. The number of aryl methyl sites for hydroxylation is 1. The number of carbonyl (C=O) groups is 1. The Balaban J connectivity index is 1.51. The van der Waals surface area contributed by atoms with Gasteiger partial charge in [-0.1, -0.05) is 48.5 Å². The van der Waals surface area contributed by atoms with Crippen molar-refractivity contribution in [2.24, 2.45) is 5.73 Å². The number of aromatic nitrogens is 2. The lowest BCUT2D eigenvalue weighted by Crippen LogP contribution is -2.33. The lowest BCUT2D eigenvalue weighted by atomic mass is 9.95. The Morgan fingerprint density at radius 1 is 1.04 bits per heavy atom. The Kier molecular flexibility index (Phi) is 5.01. The van der Waals surface area contributed by atoms with Gasteiger partial charge in [0.25, 0.3) is 0 Å². The van der Waals surface area contributed by atoms with Gasteiger partial charge in [0.05, 0.1) is 17.8 Å². The zero-order valence-corrected chi connectivity index (χ0v) is 16.4. The predicted octanol–water partition coefficient (Wildman–Crippen LogP) is 2.98. The lowest BCUT2D eigenvalue weighted by molar-refractivity contribution is -0.129. The molecule has 144 valence electrons. The average Bonchev–Trinajstić information content (AvgIpc) is 3.24. The van der Waals surface area contributed by atoms with Gasteiger partial charge in [-0.3, -0.25) is 4.79 Å². The lowest BCUT2D eigenvalue weighted by Gasteiger charge is -2.17. The first-order valence-corrected chi connectivity index (χ1v) is 9.73. The van der Waals surface area contributed by atoms with E-state index in [1.54, 1.807) is 0 Å². The molecule has 28 heavy (non-hydrogen) atoms. The standard InChI is InChI=1S/C23H26N4O/c1-16-20(17(2)27(25-16)19-11-7-4-8-12-19)13-23(28)26-14-21(22(24)15-26)18-9-5-3-6-10-18/h3-12,21-22H,13-15,24H2,1-2H3/t21-,22+/m0/s1. The molecule has 2 N–H and O–H groups in total. The van der Waals surface area contributed by atoms with E-state index in [2.05, 4.69) is 17.2 Å². The number of rotatable bonds is 4. The van der Waals surface area contributed by atoms with Crippen molar-refractivity contribution < 1.29 is 4.79 Å². The number of para-hydroxylation sites is 1. The van der Waals surface area contributed by atoms with Gasteiger partial charge in [-0.25, -0.2) is 4.68 Å². The minimum absolute atomic E-state index is 0.0272. The first-order valence-electron chi connectivity index (χ1n) is 9.73. The summed E-state index contributed by atoms with van der Waals surface area (Å²) >= 11 is 0. The maximum absolute atomic E-state index is 13.0. The van der Waals surface area contributed by atoms with Crippen molar-refractivity contribution in [2.75, 3.05) is 13.1 Å². The molecule has 0 spiro atoms. The van der Waals surface area contributed by atoms with Crippen LogP contribution in [0.15, 0.2) is 60.7 Å². The van der Waals surface area contributed by atoms with E-state index < -0.39 is 0 Å². The highest BCUT2D eigenvalue weighted by Crippen LogP contribution is 2.27. The molecule has 0 unspecified atom stereocenters. The number of nitrogens with two attached hydrogens (primary N) is 1. The maximum atomic E-state index is 13.0. The van der Waals surface area contributed by atoms with Crippen LogP contribution in [0.5, 0.6) is 0 Å². The van der Waals surface area contributed by atoms with Gasteiger partial charge in [0.15, 0.2) is 0 Å². The van der Waals surface area contributed by atoms with Gasteiger partial charge in [-0.2, -0.15) is 5.10 Å². The van der Waals surface area contributed by atoms with Crippen LogP contribution in [0.2, 0.25) is 0 Å². The molecule has 5 heteroatoms. The van der Waals surface area contributed by atoms with Crippen molar-refractivity contribution in [1.29, 1.82) is 0 Å². The van der Waals surface area contributed by atoms with Gasteiger partial charge < -0.3 is 10.6 Å². The molecule has 0 aliphatic carbocycles. The van der Waals surface area contributed by atoms with Crippen LogP contribution in [0.25, 0.3) is 5.69 Å². The number of nitrogens with zero attached hydrogens (tertiary/aromatic N) is 3. The van der Waals surface area contributed by atoms with Crippen LogP contribution in [0.4, 0.5) is 0 Å². The van der Waals surface area contributed by atoms with Gasteiger partial charge in [0, 0.05) is 36.3 Å². The SMILES string of the molecule is Cc1nn(-c2ccccc2)c(C)c1CC(=O)N1C[C@@H](N)[C@H](c2ccccc2)C1. The summed E-state index contributed by atoms with van der Waals surface area (Å²) in [4.78, 5) is 14.9. The van der Waals surface area contributed by atoms with Crippen LogP contribution in [0.3, 0.4) is 0 Å². The van der Waals surface area contributed by atoms with Gasteiger partial charge in [-0.15, -0.1) is 0 Å². The first-order chi connectivity index (χ1) is 13.5. The van der Waals surface area contributed by atoms with E-state index in [0.717, 1.165) is 22.6 Å². The fourth-order valence-corrected chi connectivity index (χ4v) is 4.10. The maximum Gasteiger partial charge on any atom is 0.227 e. The molecule has 1 saturated heterocycles. The Morgan fingerprint density at radius 2 is 1.68 bits per heavy atom. The summed E-state index contributed by atoms with van der Waals surface area (Å²) in [5, 5.41) is 4.66. The van der Waals surface area contributed by atoms with E-state index in [1.165, 1.54) is 5.56 Å². The van der Waals surface area contributed by atoms with Crippen LogP contribution < -0.4 is 5.73 Å². The number of benzene rings is 2. The summed E-state index contributed by atoms with van der Waals surface area (Å²) in [6.07, 6.45) is 0.360. The van der Waals surface area contributed by atoms with E-state index in [-0.39, 0.29) is 17.9 Å². The molecule has 1 aliphatic rings. The fraction of sp³-hybridized carbons (Fsp3) is 0.304. The van der Waals surface area contributed by atoms with Crippen LogP contribution in [-0.2, 0) is 11.2 Å². The number of carbonyl (C=O) groups excluding carboxylic acids is 1. The summed E-state index contributed by atoms with van der Waals surface area (Å²) in [6.45, 7) is 5.27. The van der Waals surface area contributed by atoms with E-state index in [4.69, 9.17) is 5.73 Å². The monoisotopic (exact) mass is 374 g/mol. The second kappa shape index (κ2) is 7.60. The highest BCUT2D eigenvalue weighted by Gasteiger charge is 2.34.